The van der Waals surface area contributed by atoms with Gasteiger partial charge in [0.15, 0.2) is 0 Å². The Bertz CT molecular complexity index is 1040. The molecule has 6 heteroatoms. The minimum Gasteiger partial charge on any atom is -0.263 e. The van der Waals surface area contributed by atoms with Crippen LogP contribution in [0.3, 0.4) is 0 Å². The van der Waals surface area contributed by atoms with Gasteiger partial charge < -0.3 is 0 Å². The maximum atomic E-state index is 12.9. The average Bonchev–Trinajstić information content (AvgIpc) is 2.91. The molecule has 6 nitrogen and oxygen atoms in total. The number of rotatable bonds is 4. The largest absolute Gasteiger partial charge is 0.335 e. The highest BCUT2D eigenvalue weighted by Crippen LogP contribution is 2.28. The first-order valence-electron chi connectivity index (χ1n) is 8.64. The predicted molar refractivity (Wildman–Crippen MR) is 99.4 cm³/mol. The van der Waals surface area contributed by atoms with E-state index in [2.05, 4.69) is 4.98 Å². The van der Waals surface area contributed by atoms with Gasteiger partial charge in [-0.2, -0.15) is 0 Å². The zero-order chi connectivity index (χ0) is 19.0. The minimum atomic E-state index is -0.810. The summed E-state index contributed by atoms with van der Waals surface area (Å²) in [4.78, 5) is 44.2. The molecular formula is C21H17N3O3. The molecule has 0 radical (unpaired) electrons. The van der Waals surface area contributed by atoms with E-state index < -0.39 is 23.9 Å². The van der Waals surface area contributed by atoms with E-state index in [0.29, 0.717) is 5.52 Å². The average molecular weight is 359 g/mol. The number of aromatic nitrogens is 1. The Labute approximate surface area is 156 Å². The van der Waals surface area contributed by atoms with Crippen molar-refractivity contribution in [2.24, 2.45) is 0 Å². The van der Waals surface area contributed by atoms with E-state index in [4.69, 9.17) is 0 Å². The Balaban J connectivity index is 1.65. The van der Waals surface area contributed by atoms with Crippen molar-refractivity contribution in [3.8, 4) is 0 Å². The van der Waals surface area contributed by atoms with Crippen molar-refractivity contribution in [3.05, 3.63) is 78.0 Å². The normalized spacial score (nSPS) is 15.7. The highest BCUT2D eigenvalue weighted by molar-refractivity contribution is 6.44. The summed E-state index contributed by atoms with van der Waals surface area (Å²) in [6.45, 7) is 1.75. The lowest BCUT2D eigenvalue weighted by atomic mass is 10.1. The molecule has 0 saturated carbocycles. The Morgan fingerprint density at radius 3 is 2.41 bits per heavy atom. The summed E-state index contributed by atoms with van der Waals surface area (Å²) in [6, 6.07) is 17.3. The first kappa shape index (κ1) is 16.9. The van der Waals surface area contributed by atoms with Gasteiger partial charge in [0.1, 0.15) is 0 Å². The van der Waals surface area contributed by atoms with Crippen LogP contribution in [0.4, 0.5) is 4.79 Å². The highest BCUT2D eigenvalue weighted by atomic mass is 16.2. The molecule has 1 aliphatic heterocycles. The fourth-order valence-electron chi connectivity index (χ4n) is 3.35. The second kappa shape index (κ2) is 6.64. The first-order valence-corrected chi connectivity index (χ1v) is 8.64. The number of carbonyl (C=O) groups is 3. The van der Waals surface area contributed by atoms with Crippen LogP contribution in [-0.2, 0) is 16.1 Å². The van der Waals surface area contributed by atoms with Gasteiger partial charge in [0.25, 0.3) is 0 Å². The van der Waals surface area contributed by atoms with Crippen molar-refractivity contribution in [2.75, 3.05) is 0 Å². The summed E-state index contributed by atoms with van der Waals surface area (Å²) in [5.74, 6) is -1.61. The monoisotopic (exact) mass is 359 g/mol. The van der Waals surface area contributed by atoms with Crippen LogP contribution in [0.25, 0.3) is 10.9 Å². The van der Waals surface area contributed by atoms with E-state index in [1.165, 1.54) is 0 Å². The van der Waals surface area contributed by atoms with Crippen LogP contribution in [0.15, 0.2) is 66.9 Å². The Morgan fingerprint density at radius 2 is 1.63 bits per heavy atom. The number of pyridine rings is 1. The van der Waals surface area contributed by atoms with Gasteiger partial charge in [0.2, 0.25) is 0 Å². The standard InChI is InChI=1S/C21H17N3O3/c1-14(15-7-3-2-4-8-15)24-20(26)19(25)23(21(24)27)13-17-10-5-9-16-11-6-12-22-18(16)17/h2-12,14H,13H2,1H3. The van der Waals surface area contributed by atoms with Gasteiger partial charge in [-0.05, 0) is 24.1 Å². The quantitative estimate of drug-likeness (QED) is 0.529. The number of hydrogen-bond donors (Lipinski definition) is 0. The summed E-state index contributed by atoms with van der Waals surface area (Å²) in [6.07, 6.45) is 1.66. The van der Waals surface area contributed by atoms with E-state index in [1.807, 2.05) is 60.7 Å². The molecule has 4 rings (SSSR count). The molecule has 2 aromatic carbocycles. The predicted octanol–water partition coefficient (Wildman–Crippen LogP) is 3.29. The molecule has 2 heterocycles. The summed E-state index contributed by atoms with van der Waals surface area (Å²) in [5.41, 5.74) is 2.22. The summed E-state index contributed by atoms with van der Waals surface area (Å²) in [7, 11) is 0. The molecule has 0 N–H and O–H groups in total. The second-order valence-electron chi connectivity index (χ2n) is 6.43. The van der Waals surface area contributed by atoms with E-state index in [9.17, 15) is 14.4 Å². The SMILES string of the molecule is CC(c1ccccc1)N1C(=O)C(=O)N(Cc2cccc3cccnc23)C1=O. The van der Waals surface area contributed by atoms with Crippen LogP contribution in [0.1, 0.15) is 24.1 Å². The number of carbonyl (C=O) groups excluding carboxylic acids is 3. The number of hydrogen-bond acceptors (Lipinski definition) is 4. The Morgan fingerprint density at radius 1 is 0.889 bits per heavy atom. The molecule has 1 aromatic heterocycles. The molecule has 1 atom stereocenters. The molecule has 3 aromatic rings. The van der Waals surface area contributed by atoms with Crippen molar-refractivity contribution < 1.29 is 14.4 Å². The topological polar surface area (TPSA) is 70.6 Å². The van der Waals surface area contributed by atoms with Gasteiger partial charge in [0.05, 0.1) is 18.1 Å². The molecular weight excluding hydrogens is 342 g/mol. The maximum Gasteiger partial charge on any atom is 0.335 e. The third-order valence-electron chi connectivity index (χ3n) is 4.80. The van der Waals surface area contributed by atoms with E-state index >= 15 is 0 Å². The zero-order valence-electron chi connectivity index (χ0n) is 14.7. The lowest BCUT2D eigenvalue weighted by Gasteiger charge is -2.22. The van der Waals surface area contributed by atoms with E-state index in [-0.39, 0.29) is 6.54 Å². The third-order valence-corrected chi connectivity index (χ3v) is 4.80. The Hall–Kier alpha value is -3.54. The first-order chi connectivity index (χ1) is 13.1. The zero-order valence-corrected chi connectivity index (χ0v) is 14.7. The fourth-order valence-corrected chi connectivity index (χ4v) is 3.35. The lowest BCUT2D eigenvalue weighted by Crippen LogP contribution is -2.35. The number of fused-ring (bicyclic) bond motifs is 1. The maximum absolute atomic E-state index is 12.9. The van der Waals surface area contributed by atoms with Gasteiger partial charge in [0, 0.05) is 11.6 Å². The number of benzene rings is 2. The molecule has 0 bridgehead atoms. The van der Waals surface area contributed by atoms with Crippen molar-refractivity contribution in [2.45, 2.75) is 19.5 Å². The van der Waals surface area contributed by atoms with Gasteiger partial charge in [-0.3, -0.25) is 19.5 Å². The number of nitrogens with zero attached hydrogens (tertiary/aromatic N) is 3. The van der Waals surface area contributed by atoms with Crippen LogP contribution in [0.2, 0.25) is 0 Å². The number of imide groups is 2. The number of urea groups is 1. The molecule has 1 fully saturated rings. The van der Waals surface area contributed by atoms with Crippen LogP contribution < -0.4 is 0 Å². The van der Waals surface area contributed by atoms with Crippen molar-refractivity contribution in [1.29, 1.82) is 0 Å². The van der Waals surface area contributed by atoms with Crippen LogP contribution >= 0.6 is 0 Å². The third kappa shape index (κ3) is 2.85. The molecule has 1 saturated heterocycles. The van der Waals surface area contributed by atoms with Crippen molar-refractivity contribution >= 4 is 28.7 Å². The molecule has 0 spiro atoms. The smallest absolute Gasteiger partial charge is 0.263 e. The molecule has 134 valence electrons. The molecule has 0 aliphatic carbocycles. The van der Waals surface area contributed by atoms with Crippen LogP contribution in [-0.4, -0.2) is 32.6 Å². The summed E-state index contributed by atoms with van der Waals surface area (Å²) >= 11 is 0. The van der Waals surface area contributed by atoms with E-state index in [1.54, 1.807) is 13.1 Å². The van der Waals surface area contributed by atoms with Gasteiger partial charge in [-0.1, -0.05) is 54.6 Å². The van der Waals surface area contributed by atoms with Crippen LogP contribution in [0.5, 0.6) is 0 Å². The van der Waals surface area contributed by atoms with Gasteiger partial charge in [-0.25, -0.2) is 9.69 Å². The Kier molecular flexibility index (Phi) is 4.16. The van der Waals surface area contributed by atoms with Crippen molar-refractivity contribution in [1.82, 2.24) is 14.8 Å². The molecule has 4 amide bonds. The highest BCUT2D eigenvalue weighted by Gasteiger charge is 2.46. The number of para-hydroxylation sites is 1. The fraction of sp³-hybridized carbons (Fsp3) is 0.143. The molecule has 27 heavy (non-hydrogen) atoms. The minimum absolute atomic E-state index is 0.00969. The molecule has 1 aliphatic rings. The van der Waals surface area contributed by atoms with Gasteiger partial charge >= 0.3 is 17.8 Å². The molecule has 1 unspecified atom stereocenters. The number of amides is 4. The van der Waals surface area contributed by atoms with Gasteiger partial charge in [-0.15, -0.1) is 0 Å². The summed E-state index contributed by atoms with van der Waals surface area (Å²) in [5, 5.41) is 0.912. The van der Waals surface area contributed by atoms with E-state index in [0.717, 1.165) is 26.3 Å². The lowest BCUT2D eigenvalue weighted by molar-refractivity contribution is -0.144. The summed E-state index contributed by atoms with van der Waals surface area (Å²) < 4.78 is 0. The van der Waals surface area contributed by atoms with Crippen LogP contribution in [0, 0.1) is 0 Å². The van der Waals surface area contributed by atoms with Crippen molar-refractivity contribution in [3.63, 3.8) is 0 Å². The second-order valence-corrected chi connectivity index (χ2v) is 6.43.